The molecule has 0 radical (unpaired) electrons. The van der Waals surface area contributed by atoms with Gasteiger partial charge in [-0.3, -0.25) is 0 Å². The molecule has 1 aliphatic heterocycles. The largest absolute Gasteiger partial charge is 0.367 e. The van der Waals surface area contributed by atoms with Gasteiger partial charge in [0.1, 0.15) is 6.07 Å². The molecule has 4 nitrogen and oxygen atoms in total. The van der Waals surface area contributed by atoms with Gasteiger partial charge in [-0.05, 0) is 19.1 Å². The maximum atomic E-state index is 11.7. The molecule has 6 heteroatoms. The van der Waals surface area contributed by atoms with Crippen LogP contribution < -0.4 is 4.90 Å². The van der Waals surface area contributed by atoms with E-state index in [1.807, 2.05) is 4.90 Å². The summed E-state index contributed by atoms with van der Waals surface area (Å²) in [6.45, 7) is 2.44. The number of para-hydroxylation sites is 1. The molecule has 18 heavy (non-hydrogen) atoms. The highest BCUT2D eigenvalue weighted by Crippen LogP contribution is 2.31. The van der Waals surface area contributed by atoms with Gasteiger partial charge < -0.3 is 4.90 Å². The fraction of sp³-hybridized carbons (Fsp3) is 0.417. The van der Waals surface area contributed by atoms with Crippen LogP contribution in [0.3, 0.4) is 0 Å². The molecule has 1 saturated heterocycles. The monoisotopic (exact) mass is 284 g/mol. The zero-order chi connectivity index (χ0) is 13.3. The number of rotatable bonds is 1. The number of hydrogen-bond donors (Lipinski definition) is 0. The molecule has 0 spiro atoms. The van der Waals surface area contributed by atoms with E-state index in [0.717, 1.165) is 0 Å². The average Bonchev–Trinajstić information content (AvgIpc) is 2.33. The summed E-state index contributed by atoms with van der Waals surface area (Å²) in [6.07, 6.45) is 0. The highest BCUT2D eigenvalue weighted by atomic mass is 35.5. The lowest BCUT2D eigenvalue weighted by Gasteiger charge is -2.33. The number of hydrogen-bond acceptors (Lipinski definition) is 4. The first-order chi connectivity index (χ1) is 8.45. The number of halogens is 1. The van der Waals surface area contributed by atoms with E-state index < -0.39 is 15.1 Å². The Morgan fingerprint density at radius 3 is 2.83 bits per heavy atom. The molecule has 1 aromatic rings. The summed E-state index contributed by atoms with van der Waals surface area (Å²) in [5, 5.41) is 9.14. The molecule has 1 unspecified atom stereocenters. The maximum absolute atomic E-state index is 11.7. The van der Waals surface area contributed by atoms with Crippen LogP contribution in [0.5, 0.6) is 0 Å². The summed E-state index contributed by atoms with van der Waals surface area (Å²) in [5.41, 5.74) is 1.12. The molecule has 1 atom stereocenters. The Kier molecular flexibility index (Phi) is 3.51. The van der Waals surface area contributed by atoms with Gasteiger partial charge >= 0.3 is 0 Å². The average molecular weight is 285 g/mol. The Morgan fingerprint density at radius 1 is 1.50 bits per heavy atom. The maximum Gasteiger partial charge on any atom is 0.156 e. The molecule has 0 N–H and O–H groups in total. The molecule has 2 rings (SSSR count). The summed E-state index contributed by atoms with van der Waals surface area (Å²) in [5.74, 6) is 0.101. The second-order valence-corrected chi connectivity index (χ2v) is 7.32. The van der Waals surface area contributed by atoms with Gasteiger partial charge in [0.05, 0.1) is 27.3 Å². The van der Waals surface area contributed by atoms with E-state index in [1.54, 1.807) is 25.1 Å². The molecule has 0 aliphatic carbocycles. The van der Waals surface area contributed by atoms with Crippen molar-refractivity contribution in [2.24, 2.45) is 0 Å². The first-order valence-electron chi connectivity index (χ1n) is 5.61. The minimum absolute atomic E-state index is 0.101. The fourth-order valence-corrected chi connectivity index (χ4v) is 3.66. The third-order valence-corrected chi connectivity index (χ3v) is 5.59. The van der Waals surface area contributed by atoms with Crippen molar-refractivity contribution in [2.75, 3.05) is 23.7 Å². The fourth-order valence-electron chi connectivity index (χ4n) is 2.08. The van der Waals surface area contributed by atoms with Crippen LogP contribution in [0.4, 0.5) is 5.69 Å². The number of anilines is 1. The summed E-state index contributed by atoms with van der Waals surface area (Å²) < 4.78 is 23.3. The topological polar surface area (TPSA) is 61.2 Å². The third kappa shape index (κ3) is 2.31. The van der Waals surface area contributed by atoms with Gasteiger partial charge in [0.15, 0.2) is 9.84 Å². The van der Waals surface area contributed by atoms with E-state index in [9.17, 15) is 8.42 Å². The minimum atomic E-state index is -3.00. The molecule has 0 aromatic heterocycles. The Morgan fingerprint density at radius 2 is 2.22 bits per heavy atom. The summed E-state index contributed by atoms with van der Waals surface area (Å²) in [6, 6.07) is 7.21. The first-order valence-corrected chi connectivity index (χ1v) is 7.70. The summed E-state index contributed by atoms with van der Waals surface area (Å²) in [4.78, 5) is 1.88. The second kappa shape index (κ2) is 4.79. The van der Waals surface area contributed by atoms with Crippen LogP contribution in [0.25, 0.3) is 0 Å². The SMILES string of the molecule is CC1CN(c2c(Cl)cccc2C#N)CCS1(=O)=O. The van der Waals surface area contributed by atoms with Crippen molar-refractivity contribution < 1.29 is 8.42 Å². The van der Waals surface area contributed by atoms with Crippen molar-refractivity contribution in [2.45, 2.75) is 12.2 Å². The Balaban J connectivity index is 2.38. The number of nitrogens with zero attached hydrogens (tertiary/aromatic N) is 2. The van der Waals surface area contributed by atoms with Crippen LogP contribution >= 0.6 is 11.6 Å². The van der Waals surface area contributed by atoms with Gasteiger partial charge in [-0.2, -0.15) is 5.26 Å². The lowest BCUT2D eigenvalue weighted by atomic mass is 10.1. The van der Waals surface area contributed by atoms with E-state index >= 15 is 0 Å². The van der Waals surface area contributed by atoms with Gasteiger partial charge in [0, 0.05) is 13.1 Å². The summed E-state index contributed by atoms with van der Waals surface area (Å²) in [7, 11) is -3.00. The van der Waals surface area contributed by atoms with Crippen molar-refractivity contribution in [3.05, 3.63) is 28.8 Å². The first kappa shape index (κ1) is 13.2. The summed E-state index contributed by atoms with van der Waals surface area (Å²) >= 11 is 6.12. The van der Waals surface area contributed by atoms with Gasteiger partial charge in [0.25, 0.3) is 0 Å². The molecule has 0 bridgehead atoms. The minimum Gasteiger partial charge on any atom is -0.367 e. The van der Waals surface area contributed by atoms with Crippen LogP contribution in [0.15, 0.2) is 18.2 Å². The number of sulfone groups is 1. The van der Waals surface area contributed by atoms with E-state index in [4.69, 9.17) is 16.9 Å². The molecular formula is C12H13ClN2O2S. The van der Waals surface area contributed by atoms with Gasteiger partial charge in [-0.1, -0.05) is 17.7 Å². The van der Waals surface area contributed by atoms with Crippen molar-refractivity contribution in [3.63, 3.8) is 0 Å². The molecule has 96 valence electrons. The number of benzene rings is 1. The van der Waals surface area contributed by atoms with E-state index in [0.29, 0.717) is 29.4 Å². The van der Waals surface area contributed by atoms with Gasteiger partial charge in [-0.15, -0.1) is 0 Å². The quantitative estimate of drug-likeness (QED) is 0.789. The lowest BCUT2D eigenvalue weighted by molar-refractivity contribution is 0.569. The highest BCUT2D eigenvalue weighted by molar-refractivity contribution is 7.92. The number of nitriles is 1. The predicted octanol–water partition coefficient (Wildman–Crippen LogP) is 1.83. The molecule has 1 aromatic carbocycles. The molecule has 0 saturated carbocycles. The zero-order valence-corrected chi connectivity index (χ0v) is 11.5. The molecular weight excluding hydrogens is 272 g/mol. The van der Waals surface area contributed by atoms with Crippen LogP contribution in [0.1, 0.15) is 12.5 Å². The lowest BCUT2D eigenvalue weighted by Crippen LogP contribution is -2.45. The highest BCUT2D eigenvalue weighted by Gasteiger charge is 2.31. The Bertz CT molecular complexity index is 607. The smallest absolute Gasteiger partial charge is 0.156 e. The van der Waals surface area contributed by atoms with Crippen molar-refractivity contribution in [3.8, 4) is 6.07 Å². The Labute approximate surface area is 112 Å². The van der Waals surface area contributed by atoms with E-state index in [2.05, 4.69) is 6.07 Å². The zero-order valence-electron chi connectivity index (χ0n) is 9.93. The molecule has 0 amide bonds. The molecule has 1 aliphatic rings. The van der Waals surface area contributed by atoms with Gasteiger partial charge in [-0.25, -0.2) is 8.42 Å². The van der Waals surface area contributed by atoms with Crippen molar-refractivity contribution in [1.82, 2.24) is 0 Å². The van der Waals surface area contributed by atoms with Crippen LogP contribution in [-0.4, -0.2) is 32.5 Å². The van der Waals surface area contributed by atoms with Crippen molar-refractivity contribution >= 4 is 27.1 Å². The Hall–Kier alpha value is -1.25. The molecule has 1 fully saturated rings. The van der Waals surface area contributed by atoms with Crippen LogP contribution in [0.2, 0.25) is 5.02 Å². The van der Waals surface area contributed by atoms with E-state index in [1.165, 1.54) is 0 Å². The second-order valence-electron chi connectivity index (χ2n) is 4.37. The van der Waals surface area contributed by atoms with Crippen LogP contribution in [-0.2, 0) is 9.84 Å². The van der Waals surface area contributed by atoms with E-state index in [-0.39, 0.29) is 5.75 Å². The normalized spacial score (nSPS) is 22.5. The standard InChI is InChI=1S/C12H13ClN2O2S/c1-9-8-15(5-6-18(9,16)17)12-10(7-14)3-2-4-11(12)13/h2-4,9H,5-6,8H2,1H3. The van der Waals surface area contributed by atoms with Crippen LogP contribution in [0, 0.1) is 11.3 Å². The van der Waals surface area contributed by atoms with Crippen molar-refractivity contribution in [1.29, 1.82) is 5.26 Å². The molecule has 1 heterocycles. The van der Waals surface area contributed by atoms with Gasteiger partial charge in [0.2, 0.25) is 0 Å². The third-order valence-electron chi connectivity index (χ3n) is 3.16. The predicted molar refractivity (Wildman–Crippen MR) is 71.6 cm³/mol.